The van der Waals surface area contributed by atoms with E-state index >= 15 is 0 Å². The molecule has 0 saturated carbocycles. The van der Waals surface area contributed by atoms with Crippen molar-refractivity contribution in [3.63, 3.8) is 0 Å². The van der Waals surface area contributed by atoms with Gasteiger partial charge in [-0.25, -0.2) is 8.42 Å². The highest BCUT2D eigenvalue weighted by atomic mass is 32.2. The molecule has 1 amide bonds. The molecule has 6 nitrogen and oxygen atoms in total. The summed E-state index contributed by atoms with van der Waals surface area (Å²) in [5.41, 5.74) is 0. The van der Waals surface area contributed by atoms with Gasteiger partial charge in [-0.15, -0.1) is 6.42 Å². The molecule has 0 aromatic heterocycles. The number of rotatable bonds is 6. The first-order chi connectivity index (χ1) is 9.01. The van der Waals surface area contributed by atoms with Crippen LogP contribution in [0.3, 0.4) is 0 Å². The molecule has 0 atom stereocenters. The lowest BCUT2D eigenvalue weighted by molar-refractivity contribution is -0.131. The van der Waals surface area contributed by atoms with Gasteiger partial charge in [-0.1, -0.05) is 12.8 Å². The lowest BCUT2D eigenvalue weighted by Gasteiger charge is -2.34. The fraction of sp³-hybridized carbons (Fsp3) is 0.750. The van der Waals surface area contributed by atoms with Gasteiger partial charge in [0.05, 0.1) is 18.8 Å². The first kappa shape index (κ1) is 16.0. The number of piperazine rings is 1. The average Bonchev–Trinajstić information content (AvgIpc) is 2.39. The van der Waals surface area contributed by atoms with Crippen LogP contribution in [-0.4, -0.2) is 68.6 Å². The molecular weight excluding hydrogens is 266 g/mol. The Bertz CT molecular complexity index is 434. The zero-order chi connectivity index (χ0) is 14.3. The molecule has 1 aliphatic rings. The summed E-state index contributed by atoms with van der Waals surface area (Å²) in [7, 11) is -3.15. The summed E-state index contributed by atoms with van der Waals surface area (Å²) in [6.45, 7) is 4.04. The van der Waals surface area contributed by atoms with Crippen LogP contribution < -0.4 is 5.32 Å². The predicted molar refractivity (Wildman–Crippen MR) is 73.9 cm³/mol. The quantitative estimate of drug-likeness (QED) is 0.507. The van der Waals surface area contributed by atoms with Crippen LogP contribution in [-0.2, 0) is 14.8 Å². The Labute approximate surface area is 115 Å². The summed E-state index contributed by atoms with van der Waals surface area (Å²) in [5, 5.41) is 2.83. The Morgan fingerprint density at radius 1 is 1.32 bits per heavy atom. The van der Waals surface area contributed by atoms with E-state index in [-0.39, 0.29) is 18.2 Å². The van der Waals surface area contributed by atoms with E-state index in [1.54, 1.807) is 4.90 Å². The second-order valence-corrected chi connectivity index (χ2v) is 6.49. The van der Waals surface area contributed by atoms with E-state index in [0.29, 0.717) is 39.1 Å². The Balaban J connectivity index is 2.41. The monoisotopic (exact) mass is 287 g/mol. The number of nitrogens with zero attached hydrogens (tertiary/aromatic N) is 2. The second-order valence-electron chi connectivity index (χ2n) is 4.40. The summed E-state index contributed by atoms with van der Waals surface area (Å²) < 4.78 is 25.2. The topological polar surface area (TPSA) is 69.7 Å². The van der Waals surface area contributed by atoms with Crippen LogP contribution >= 0.6 is 0 Å². The summed E-state index contributed by atoms with van der Waals surface area (Å²) >= 11 is 0. The number of amides is 1. The maximum Gasteiger partial charge on any atom is 0.236 e. The number of terminal acetylenes is 1. The number of hydrogen-bond acceptors (Lipinski definition) is 4. The molecule has 0 aromatic rings. The number of hydrogen-bond donors (Lipinski definition) is 1. The normalized spacial score (nSPS) is 17.2. The summed E-state index contributed by atoms with van der Waals surface area (Å²) in [6.07, 6.45) is 5.69. The molecule has 0 radical (unpaired) electrons. The second kappa shape index (κ2) is 7.48. The molecule has 108 valence electrons. The van der Waals surface area contributed by atoms with Crippen molar-refractivity contribution in [3.8, 4) is 12.3 Å². The SMILES string of the molecule is C#CCNCC(=O)N1CCN(S(=O)(=O)CCC)CC1. The van der Waals surface area contributed by atoms with E-state index in [1.165, 1.54) is 4.31 Å². The number of carbonyl (C=O) groups is 1. The van der Waals surface area contributed by atoms with Crippen LogP contribution in [0.25, 0.3) is 0 Å². The van der Waals surface area contributed by atoms with E-state index in [2.05, 4.69) is 11.2 Å². The average molecular weight is 287 g/mol. The molecule has 0 bridgehead atoms. The van der Waals surface area contributed by atoms with Crippen molar-refractivity contribution in [2.24, 2.45) is 0 Å². The molecule has 1 fully saturated rings. The minimum atomic E-state index is -3.15. The van der Waals surface area contributed by atoms with E-state index in [0.717, 1.165) is 0 Å². The van der Waals surface area contributed by atoms with Gasteiger partial charge in [0.2, 0.25) is 15.9 Å². The van der Waals surface area contributed by atoms with Crippen LogP contribution in [0.2, 0.25) is 0 Å². The Kier molecular flexibility index (Phi) is 6.28. The minimum Gasteiger partial charge on any atom is -0.339 e. The van der Waals surface area contributed by atoms with Crippen molar-refractivity contribution < 1.29 is 13.2 Å². The van der Waals surface area contributed by atoms with Gasteiger partial charge in [0.1, 0.15) is 0 Å². The van der Waals surface area contributed by atoms with E-state index in [4.69, 9.17) is 6.42 Å². The molecule has 0 unspecified atom stereocenters. The molecule has 1 heterocycles. The van der Waals surface area contributed by atoms with Crippen LogP contribution in [0.15, 0.2) is 0 Å². The third kappa shape index (κ3) is 4.82. The van der Waals surface area contributed by atoms with E-state index < -0.39 is 10.0 Å². The lowest BCUT2D eigenvalue weighted by atomic mass is 10.3. The number of sulfonamides is 1. The van der Waals surface area contributed by atoms with Crippen molar-refractivity contribution in [1.29, 1.82) is 0 Å². The molecule has 0 spiro atoms. The van der Waals surface area contributed by atoms with Crippen LogP contribution in [0.4, 0.5) is 0 Å². The Morgan fingerprint density at radius 2 is 1.95 bits per heavy atom. The van der Waals surface area contributed by atoms with Gasteiger partial charge in [0.15, 0.2) is 0 Å². The first-order valence-corrected chi connectivity index (χ1v) is 8.02. The number of carbonyl (C=O) groups excluding carboxylic acids is 1. The van der Waals surface area contributed by atoms with Gasteiger partial charge < -0.3 is 4.90 Å². The van der Waals surface area contributed by atoms with Gasteiger partial charge in [0, 0.05) is 26.2 Å². The van der Waals surface area contributed by atoms with Gasteiger partial charge in [-0.05, 0) is 6.42 Å². The van der Waals surface area contributed by atoms with Gasteiger partial charge in [0.25, 0.3) is 0 Å². The third-order valence-corrected chi connectivity index (χ3v) is 5.03. The molecular formula is C12H21N3O3S. The van der Waals surface area contributed by atoms with Gasteiger partial charge >= 0.3 is 0 Å². The van der Waals surface area contributed by atoms with Crippen LogP contribution in [0, 0.1) is 12.3 Å². The summed E-state index contributed by atoms with van der Waals surface area (Å²) in [4.78, 5) is 13.4. The van der Waals surface area contributed by atoms with Crippen molar-refractivity contribution in [1.82, 2.24) is 14.5 Å². The largest absolute Gasteiger partial charge is 0.339 e. The molecule has 19 heavy (non-hydrogen) atoms. The smallest absolute Gasteiger partial charge is 0.236 e. The Hall–Kier alpha value is -1.10. The molecule has 1 N–H and O–H groups in total. The van der Waals surface area contributed by atoms with Crippen LogP contribution in [0.5, 0.6) is 0 Å². The van der Waals surface area contributed by atoms with Crippen molar-refractivity contribution >= 4 is 15.9 Å². The van der Waals surface area contributed by atoms with E-state index in [1.807, 2.05) is 6.92 Å². The van der Waals surface area contributed by atoms with E-state index in [9.17, 15) is 13.2 Å². The fourth-order valence-corrected chi connectivity index (χ4v) is 3.45. The van der Waals surface area contributed by atoms with Crippen molar-refractivity contribution in [2.75, 3.05) is 45.0 Å². The zero-order valence-corrected chi connectivity index (χ0v) is 12.1. The van der Waals surface area contributed by atoms with Crippen LogP contribution in [0.1, 0.15) is 13.3 Å². The summed E-state index contributed by atoms with van der Waals surface area (Å²) in [5.74, 6) is 2.53. The van der Waals surface area contributed by atoms with Gasteiger partial charge in [-0.2, -0.15) is 4.31 Å². The molecule has 1 rings (SSSR count). The van der Waals surface area contributed by atoms with Crippen molar-refractivity contribution in [3.05, 3.63) is 0 Å². The zero-order valence-electron chi connectivity index (χ0n) is 11.3. The minimum absolute atomic E-state index is 0.0391. The third-order valence-electron chi connectivity index (χ3n) is 2.95. The molecule has 7 heteroatoms. The summed E-state index contributed by atoms with van der Waals surface area (Å²) in [6, 6.07) is 0. The maximum absolute atomic E-state index is 11.9. The number of nitrogens with one attached hydrogen (secondary N) is 1. The van der Waals surface area contributed by atoms with Crippen molar-refractivity contribution in [2.45, 2.75) is 13.3 Å². The highest BCUT2D eigenvalue weighted by Gasteiger charge is 2.27. The maximum atomic E-state index is 11.9. The lowest BCUT2D eigenvalue weighted by Crippen LogP contribution is -2.52. The molecule has 0 aliphatic carbocycles. The fourth-order valence-electron chi connectivity index (χ4n) is 1.96. The first-order valence-electron chi connectivity index (χ1n) is 6.41. The molecule has 1 saturated heterocycles. The highest BCUT2D eigenvalue weighted by molar-refractivity contribution is 7.89. The highest BCUT2D eigenvalue weighted by Crippen LogP contribution is 2.09. The standard InChI is InChI=1S/C12H21N3O3S/c1-3-5-13-11-12(16)14-6-8-15(9-7-14)19(17,18)10-4-2/h1,13H,4-11H2,2H3. The van der Waals surface area contributed by atoms with Gasteiger partial charge in [-0.3, -0.25) is 10.1 Å². The molecule has 0 aromatic carbocycles. The molecule has 1 aliphatic heterocycles. The Morgan fingerprint density at radius 3 is 2.47 bits per heavy atom. The predicted octanol–water partition coefficient (Wildman–Crippen LogP) is -0.907.